The van der Waals surface area contributed by atoms with E-state index in [9.17, 15) is 4.79 Å². The Hall–Kier alpha value is -2.15. The number of nitrogens with zero attached hydrogens (tertiary/aromatic N) is 5. The third-order valence-corrected chi connectivity index (χ3v) is 5.59. The summed E-state index contributed by atoms with van der Waals surface area (Å²) in [5, 5.41) is 10.8. The first kappa shape index (κ1) is 17.7. The van der Waals surface area contributed by atoms with E-state index >= 15 is 0 Å². The maximum absolute atomic E-state index is 12.5. The molecule has 1 aliphatic heterocycles. The highest BCUT2D eigenvalue weighted by atomic mass is 32.1. The molecule has 0 N–H and O–H groups in total. The predicted octanol–water partition coefficient (Wildman–Crippen LogP) is 2.66. The van der Waals surface area contributed by atoms with Crippen LogP contribution >= 0.6 is 11.3 Å². The molecule has 0 aromatic carbocycles. The van der Waals surface area contributed by atoms with Gasteiger partial charge in [0.05, 0.1) is 4.88 Å². The molecule has 0 spiro atoms. The van der Waals surface area contributed by atoms with E-state index in [1.165, 1.54) is 11.3 Å². The Kier molecular flexibility index (Phi) is 5.53. The number of carbonyl (C=O) groups excluding carboxylic acids is 1. The summed E-state index contributed by atoms with van der Waals surface area (Å²) in [4.78, 5) is 19.7. The smallest absolute Gasteiger partial charge is 0.264 e. The normalized spacial score (nSPS) is 14.7. The van der Waals surface area contributed by atoms with Crippen LogP contribution in [-0.2, 0) is 0 Å². The van der Waals surface area contributed by atoms with Crippen LogP contribution in [0, 0.1) is 6.92 Å². The number of amides is 1. The second-order valence-corrected chi connectivity index (χ2v) is 7.10. The minimum atomic E-state index is 0.140. The topological polar surface area (TPSA) is 52.6 Å². The first-order valence-corrected chi connectivity index (χ1v) is 9.68. The van der Waals surface area contributed by atoms with Crippen molar-refractivity contribution in [3.8, 4) is 0 Å². The summed E-state index contributed by atoms with van der Waals surface area (Å²) in [5.74, 6) is 1.94. The maximum Gasteiger partial charge on any atom is 0.264 e. The summed E-state index contributed by atoms with van der Waals surface area (Å²) in [5.41, 5.74) is 1.15. The second kappa shape index (κ2) is 7.82. The fourth-order valence-corrected chi connectivity index (χ4v) is 3.91. The van der Waals surface area contributed by atoms with Gasteiger partial charge in [-0.05, 0) is 49.9 Å². The Morgan fingerprint density at radius 3 is 2.40 bits per heavy atom. The molecule has 2 aromatic heterocycles. The first-order valence-electron chi connectivity index (χ1n) is 8.80. The molecule has 25 heavy (non-hydrogen) atoms. The average Bonchev–Trinajstić information content (AvgIpc) is 3.09. The molecule has 3 rings (SSSR count). The van der Waals surface area contributed by atoms with Gasteiger partial charge in [0.2, 0.25) is 0 Å². The molecule has 7 heteroatoms. The van der Waals surface area contributed by atoms with E-state index in [1.54, 1.807) is 0 Å². The average molecular weight is 359 g/mol. The van der Waals surface area contributed by atoms with Crippen molar-refractivity contribution in [2.24, 2.45) is 0 Å². The molecule has 0 aliphatic carbocycles. The quantitative estimate of drug-likeness (QED) is 0.821. The summed E-state index contributed by atoms with van der Waals surface area (Å²) in [7, 11) is 0. The zero-order chi connectivity index (χ0) is 17.8. The molecule has 6 nitrogen and oxygen atoms in total. The van der Waals surface area contributed by atoms with Crippen LogP contribution in [0.2, 0.25) is 0 Å². The summed E-state index contributed by atoms with van der Waals surface area (Å²) in [6, 6.07) is 6.03. The van der Waals surface area contributed by atoms with Crippen LogP contribution in [0.5, 0.6) is 0 Å². The zero-order valence-electron chi connectivity index (χ0n) is 15.1. The first-order chi connectivity index (χ1) is 12.1. The number of aryl methyl sites for hydroxylation is 1. The van der Waals surface area contributed by atoms with E-state index < -0.39 is 0 Å². The van der Waals surface area contributed by atoms with Gasteiger partial charge in [0, 0.05) is 39.3 Å². The van der Waals surface area contributed by atoms with Crippen molar-refractivity contribution in [3.63, 3.8) is 0 Å². The number of rotatable bonds is 5. The SMILES string of the molecule is CCN(CC)c1ccc(N2CCN(C(=O)c3cc(C)cs3)CC2)nn1. The van der Waals surface area contributed by atoms with Crippen LogP contribution in [0.3, 0.4) is 0 Å². The highest BCUT2D eigenvalue weighted by molar-refractivity contribution is 7.12. The third kappa shape index (κ3) is 3.92. The van der Waals surface area contributed by atoms with Crippen molar-refractivity contribution in [3.05, 3.63) is 34.0 Å². The van der Waals surface area contributed by atoms with Crippen LogP contribution in [-0.4, -0.2) is 60.3 Å². The lowest BCUT2D eigenvalue weighted by molar-refractivity contribution is 0.0751. The molecular formula is C18H25N5OS. The molecule has 0 atom stereocenters. The van der Waals surface area contributed by atoms with E-state index in [1.807, 2.05) is 35.4 Å². The van der Waals surface area contributed by atoms with Gasteiger partial charge in [-0.25, -0.2) is 0 Å². The summed E-state index contributed by atoms with van der Waals surface area (Å²) < 4.78 is 0. The monoisotopic (exact) mass is 359 g/mol. The molecule has 0 unspecified atom stereocenters. The highest BCUT2D eigenvalue weighted by Crippen LogP contribution is 2.20. The second-order valence-electron chi connectivity index (χ2n) is 6.19. The molecule has 0 saturated carbocycles. The van der Waals surface area contributed by atoms with Gasteiger partial charge >= 0.3 is 0 Å². The lowest BCUT2D eigenvalue weighted by Crippen LogP contribution is -2.49. The number of anilines is 2. The molecule has 2 aromatic rings. The van der Waals surface area contributed by atoms with E-state index in [2.05, 4.69) is 33.8 Å². The molecule has 1 amide bonds. The number of piperazine rings is 1. The summed E-state index contributed by atoms with van der Waals surface area (Å²) in [6.45, 7) is 11.1. The third-order valence-electron chi connectivity index (χ3n) is 4.56. The number of aromatic nitrogens is 2. The summed E-state index contributed by atoms with van der Waals surface area (Å²) in [6.07, 6.45) is 0. The zero-order valence-corrected chi connectivity index (χ0v) is 15.9. The molecule has 1 aliphatic rings. The fourth-order valence-electron chi connectivity index (χ4n) is 3.04. The van der Waals surface area contributed by atoms with Crippen LogP contribution in [0.15, 0.2) is 23.6 Å². The Labute approximate surface area is 153 Å². The molecular weight excluding hydrogens is 334 g/mol. The number of carbonyl (C=O) groups is 1. The molecule has 1 fully saturated rings. The van der Waals surface area contributed by atoms with Gasteiger partial charge in [-0.1, -0.05) is 0 Å². The van der Waals surface area contributed by atoms with Crippen molar-refractivity contribution in [1.29, 1.82) is 0 Å². The van der Waals surface area contributed by atoms with Crippen LogP contribution < -0.4 is 9.80 Å². The van der Waals surface area contributed by atoms with Crippen molar-refractivity contribution in [2.45, 2.75) is 20.8 Å². The highest BCUT2D eigenvalue weighted by Gasteiger charge is 2.24. The minimum Gasteiger partial charge on any atom is -0.356 e. The Morgan fingerprint density at radius 1 is 1.16 bits per heavy atom. The van der Waals surface area contributed by atoms with Gasteiger partial charge in [0.15, 0.2) is 11.6 Å². The van der Waals surface area contributed by atoms with Gasteiger partial charge in [-0.2, -0.15) is 0 Å². The largest absolute Gasteiger partial charge is 0.356 e. The number of hydrogen-bond donors (Lipinski definition) is 0. The van der Waals surface area contributed by atoms with Crippen molar-refractivity contribution in [2.75, 3.05) is 49.1 Å². The molecule has 0 bridgehead atoms. The summed E-state index contributed by atoms with van der Waals surface area (Å²) >= 11 is 1.53. The molecule has 134 valence electrons. The minimum absolute atomic E-state index is 0.140. The van der Waals surface area contributed by atoms with E-state index in [4.69, 9.17) is 0 Å². The van der Waals surface area contributed by atoms with E-state index in [0.717, 1.165) is 61.3 Å². The van der Waals surface area contributed by atoms with Crippen molar-refractivity contribution < 1.29 is 4.79 Å². The Balaban J connectivity index is 1.59. The van der Waals surface area contributed by atoms with Crippen LogP contribution in [0.4, 0.5) is 11.6 Å². The molecule has 0 radical (unpaired) electrons. The van der Waals surface area contributed by atoms with Crippen molar-refractivity contribution >= 4 is 28.9 Å². The maximum atomic E-state index is 12.5. The lowest BCUT2D eigenvalue weighted by Gasteiger charge is -2.35. The van der Waals surface area contributed by atoms with Gasteiger partial charge in [-0.15, -0.1) is 21.5 Å². The predicted molar refractivity (Wildman–Crippen MR) is 103 cm³/mol. The standard InChI is InChI=1S/C18H25N5OS/c1-4-21(5-2)16-6-7-17(20-19-16)22-8-10-23(11-9-22)18(24)15-12-14(3)13-25-15/h6-7,12-13H,4-5,8-11H2,1-3H3. The van der Waals surface area contributed by atoms with E-state index in [0.29, 0.717) is 0 Å². The van der Waals surface area contributed by atoms with Crippen LogP contribution in [0.25, 0.3) is 0 Å². The van der Waals surface area contributed by atoms with Gasteiger partial charge in [0.25, 0.3) is 5.91 Å². The molecule has 1 saturated heterocycles. The molecule has 3 heterocycles. The number of thiophene rings is 1. The Bertz CT molecular complexity index is 703. The van der Waals surface area contributed by atoms with E-state index in [-0.39, 0.29) is 5.91 Å². The number of hydrogen-bond acceptors (Lipinski definition) is 6. The van der Waals surface area contributed by atoms with Gasteiger partial charge in [-0.3, -0.25) is 4.79 Å². The van der Waals surface area contributed by atoms with Gasteiger partial charge < -0.3 is 14.7 Å². The van der Waals surface area contributed by atoms with Crippen molar-refractivity contribution in [1.82, 2.24) is 15.1 Å². The fraction of sp³-hybridized carbons (Fsp3) is 0.500. The lowest BCUT2D eigenvalue weighted by atomic mass is 10.2. The van der Waals surface area contributed by atoms with Gasteiger partial charge in [0.1, 0.15) is 0 Å². The van der Waals surface area contributed by atoms with Crippen LogP contribution in [0.1, 0.15) is 29.1 Å². The Morgan fingerprint density at radius 2 is 1.88 bits per heavy atom.